The topological polar surface area (TPSA) is 40.1 Å². The maximum absolute atomic E-state index is 5.45. The number of hydrogen-bond donors (Lipinski definition) is 1. The lowest BCUT2D eigenvalue weighted by molar-refractivity contribution is 0.184. The average molecular weight is 470 g/mol. The van der Waals surface area contributed by atoms with Crippen LogP contribution >= 0.6 is 24.0 Å². The highest BCUT2D eigenvalue weighted by Crippen LogP contribution is 2.11. The molecule has 1 aromatic rings. The van der Waals surface area contributed by atoms with E-state index in [9.17, 15) is 0 Å². The van der Waals surface area contributed by atoms with Gasteiger partial charge in [-0.2, -0.15) is 0 Å². The first-order valence-electron chi connectivity index (χ1n) is 9.32. The zero-order valence-corrected chi connectivity index (χ0v) is 18.0. The third-order valence-corrected chi connectivity index (χ3v) is 4.93. The van der Waals surface area contributed by atoms with E-state index in [0.29, 0.717) is 5.92 Å². The summed E-state index contributed by atoms with van der Waals surface area (Å²) in [5, 5.41) is 3.52. The van der Waals surface area contributed by atoms with Gasteiger partial charge in [0.05, 0.1) is 6.61 Å². The Morgan fingerprint density at radius 1 is 1.23 bits per heavy atom. The Balaban J connectivity index is 0.00000243. The summed E-state index contributed by atoms with van der Waals surface area (Å²) in [5.74, 6) is 1.66. The lowest BCUT2D eigenvalue weighted by Gasteiger charge is -2.36. The molecule has 1 atom stereocenters. The predicted molar refractivity (Wildman–Crippen MR) is 119 cm³/mol. The zero-order valence-electron chi connectivity index (χ0n) is 15.6. The van der Waals surface area contributed by atoms with E-state index in [0.717, 1.165) is 64.9 Å². The van der Waals surface area contributed by atoms with Crippen LogP contribution in [0.4, 0.5) is 0 Å². The van der Waals surface area contributed by atoms with E-state index in [1.807, 2.05) is 7.05 Å². The van der Waals surface area contributed by atoms with Crippen LogP contribution in [0, 0.1) is 5.92 Å². The van der Waals surface area contributed by atoms with Gasteiger partial charge in [0.25, 0.3) is 0 Å². The number of nitrogens with one attached hydrogen (secondary N) is 1. The van der Waals surface area contributed by atoms with Gasteiger partial charge in [-0.05, 0) is 12.0 Å². The molecule has 26 heavy (non-hydrogen) atoms. The zero-order chi connectivity index (χ0) is 17.3. The van der Waals surface area contributed by atoms with Gasteiger partial charge < -0.3 is 15.0 Å². The molecule has 3 rings (SSSR count). The van der Waals surface area contributed by atoms with Crippen LogP contribution in [0.1, 0.15) is 12.0 Å². The van der Waals surface area contributed by atoms with E-state index in [2.05, 4.69) is 62.6 Å². The largest absolute Gasteiger partial charge is 0.381 e. The van der Waals surface area contributed by atoms with E-state index in [1.54, 1.807) is 0 Å². The Morgan fingerprint density at radius 3 is 2.65 bits per heavy atom. The summed E-state index contributed by atoms with van der Waals surface area (Å²) in [7, 11) is 1.88. The summed E-state index contributed by atoms with van der Waals surface area (Å²) in [6, 6.07) is 10.5. The molecule has 5 nitrogen and oxygen atoms in total. The number of benzene rings is 1. The van der Waals surface area contributed by atoms with Gasteiger partial charge >= 0.3 is 0 Å². The Bertz CT molecular complexity index is 564. The van der Waals surface area contributed by atoms with E-state index in [-0.39, 0.29) is 24.0 Å². The molecule has 2 aliphatic heterocycles. The third-order valence-electron chi connectivity index (χ3n) is 4.93. The van der Waals surface area contributed by atoms with Gasteiger partial charge in [0.1, 0.15) is 0 Å². The minimum Gasteiger partial charge on any atom is -0.381 e. The third kappa shape index (κ3) is 6.55. The Hall–Kier alpha value is -1.12. The summed E-state index contributed by atoms with van der Waals surface area (Å²) in [6.07, 6.45) is 5.63. The molecule has 2 aliphatic rings. The summed E-state index contributed by atoms with van der Waals surface area (Å²) in [4.78, 5) is 9.32. The summed E-state index contributed by atoms with van der Waals surface area (Å²) >= 11 is 0. The molecule has 0 saturated carbocycles. The summed E-state index contributed by atoms with van der Waals surface area (Å²) in [6.45, 7) is 7.96. The fourth-order valence-electron chi connectivity index (χ4n) is 3.36. The number of aliphatic imine (C=N–C) groups is 1. The fraction of sp³-hybridized carbons (Fsp3) is 0.550. The lowest BCUT2D eigenvalue weighted by atomic mass is 10.1. The minimum atomic E-state index is 0. The molecule has 0 spiro atoms. The molecule has 0 radical (unpaired) electrons. The van der Waals surface area contributed by atoms with Crippen molar-refractivity contribution in [2.24, 2.45) is 10.9 Å². The number of nitrogens with zero attached hydrogens (tertiary/aromatic N) is 3. The smallest absolute Gasteiger partial charge is 0.193 e. The first-order valence-corrected chi connectivity index (χ1v) is 9.32. The molecule has 2 heterocycles. The Labute approximate surface area is 174 Å². The van der Waals surface area contributed by atoms with Gasteiger partial charge in [-0.1, -0.05) is 42.5 Å². The van der Waals surface area contributed by atoms with Gasteiger partial charge in [0, 0.05) is 58.8 Å². The minimum absolute atomic E-state index is 0. The molecule has 2 saturated heterocycles. The summed E-state index contributed by atoms with van der Waals surface area (Å²) in [5.41, 5.74) is 1.27. The Kier molecular flexibility index (Phi) is 9.42. The monoisotopic (exact) mass is 470 g/mol. The number of ether oxygens (including phenoxy) is 1. The van der Waals surface area contributed by atoms with Crippen molar-refractivity contribution in [3.63, 3.8) is 0 Å². The van der Waals surface area contributed by atoms with E-state index in [4.69, 9.17) is 4.74 Å². The van der Waals surface area contributed by atoms with Crippen LogP contribution in [0.3, 0.4) is 0 Å². The molecule has 0 aliphatic carbocycles. The highest BCUT2D eigenvalue weighted by molar-refractivity contribution is 14.0. The molecule has 1 N–H and O–H groups in total. The van der Waals surface area contributed by atoms with Gasteiger partial charge in [-0.3, -0.25) is 9.89 Å². The highest BCUT2D eigenvalue weighted by Gasteiger charge is 2.21. The molecular formula is C20H31IN4O. The maximum atomic E-state index is 5.45. The van der Waals surface area contributed by atoms with Crippen molar-refractivity contribution in [1.29, 1.82) is 0 Å². The second-order valence-corrected chi connectivity index (χ2v) is 6.76. The van der Waals surface area contributed by atoms with E-state index < -0.39 is 0 Å². The van der Waals surface area contributed by atoms with Crippen LogP contribution < -0.4 is 5.32 Å². The van der Waals surface area contributed by atoms with Crippen molar-refractivity contribution in [2.45, 2.75) is 6.42 Å². The van der Waals surface area contributed by atoms with E-state index in [1.165, 1.54) is 5.56 Å². The first-order chi connectivity index (χ1) is 12.3. The molecule has 1 unspecified atom stereocenters. The van der Waals surface area contributed by atoms with Crippen LogP contribution in [-0.4, -0.2) is 75.3 Å². The van der Waals surface area contributed by atoms with Crippen LogP contribution in [0.15, 0.2) is 41.4 Å². The molecule has 2 fully saturated rings. The number of halogens is 1. The average Bonchev–Trinajstić information content (AvgIpc) is 3.18. The molecule has 0 aromatic heterocycles. The first kappa shape index (κ1) is 21.2. The molecule has 1 aromatic carbocycles. The fourth-order valence-corrected chi connectivity index (χ4v) is 3.36. The SMILES string of the molecule is CN=C(NCC1CCOC1)N1CCN(C/C=C/c2ccccc2)CC1.I. The van der Waals surface area contributed by atoms with Crippen molar-refractivity contribution >= 4 is 36.0 Å². The highest BCUT2D eigenvalue weighted by atomic mass is 127. The van der Waals surface area contributed by atoms with Gasteiger partial charge in [0.2, 0.25) is 0 Å². The van der Waals surface area contributed by atoms with Crippen LogP contribution in [0.2, 0.25) is 0 Å². The van der Waals surface area contributed by atoms with Gasteiger partial charge in [-0.15, -0.1) is 24.0 Å². The normalized spacial score (nSPS) is 21.8. The quantitative estimate of drug-likeness (QED) is 0.408. The van der Waals surface area contributed by atoms with Crippen LogP contribution in [-0.2, 0) is 4.74 Å². The van der Waals surface area contributed by atoms with Crippen molar-refractivity contribution in [3.05, 3.63) is 42.0 Å². The second-order valence-electron chi connectivity index (χ2n) is 6.76. The van der Waals surface area contributed by atoms with Crippen molar-refractivity contribution < 1.29 is 4.74 Å². The predicted octanol–water partition coefficient (Wildman–Crippen LogP) is 2.55. The van der Waals surface area contributed by atoms with E-state index >= 15 is 0 Å². The Morgan fingerprint density at radius 2 is 2.00 bits per heavy atom. The second kappa shape index (κ2) is 11.6. The molecule has 6 heteroatoms. The molecule has 0 amide bonds. The van der Waals surface area contributed by atoms with Crippen molar-refractivity contribution in [1.82, 2.24) is 15.1 Å². The van der Waals surface area contributed by atoms with Gasteiger partial charge in [0.15, 0.2) is 5.96 Å². The number of rotatable bonds is 5. The lowest BCUT2D eigenvalue weighted by Crippen LogP contribution is -2.53. The molecular weight excluding hydrogens is 439 g/mol. The van der Waals surface area contributed by atoms with Crippen molar-refractivity contribution in [2.75, 3.05) is 59.5 Å². The van der Waals surface area contributed by atoms with Crippen molar-refractivity contribution in [3.8, 4) is 0 Å². The van der Waals surface area contributed by atoms with Crippen LogP contribution in [0.5, 0.6) is 0 Å². The summed E-state index contributed by atoms with van der Waals surface area (Å²) < 4.78 is 5.45. The molecule has 144 valence electrons. The number of piperazine rings is 1. The number of hydrogen-bond acceptors (Lipinski definition) is 3. The maximum Gasteiger partial charge on any atom is 0.193 e. The number of guanidine groups is 1. The van der Waals surface area contributed by atoms with Crippen LogP contribution in [0.25, 0.3) is 6.08 Å². The molecule has 0 bridgehead atoms. The van der Waals surface area contributed by atoms with Gasteiger partial charge in [-0.25, -0.2) is 0 Å². The standard InChI is InChI=1S/C20H30N4O.HI/c1-21-20(22-16-19-9-15-25-17-19)24-13-11-23(12-14-24)10-5-8-18-6-3-2-4-7-18;/h2-8,19H,9-17H2,1H3,(H,21,22);1H/b8-5+;.